The highest BCUT2D eigenvalue weighted by molar-refractivity contribution is 5.68. The zero-order chi connectivity index (χ0) is 15.8. The molecule has 1 aliphatic carbocycles. The molecule has 4 heteroatoms. The Bertz CT molecular complexity index is 532. The van der Waals surface area contributed by atoms with E-state index in [0.717, 1.165) is 19.5 Å². The number of hydrogen-bond acceptors (Lipinski definition) is 3. The van der Waals surface area contributed by atoms with Crippen LogP contribution in [0.5, 0.6) is 0 Å². The van der Waals surface area contributed by atoms with E-state index in [4.69, 9.17) is 4.74 Å². The maximum absolute atomic E-state index is 11.9. The molecule has 1 atom stereocenters. The first-order valence-electron chi connectivity index (χ1n) is 8.19. The van der Waals surface area contributed by atoms with Crippen molar-refractivity contribution >= 4 is 6.09 Å². The number of nitrogens with one attached hydrogen (secondary N) is 1. The van der Waals surface area contributed by atoms with E-state index in [1.807, 2.05) is 20.8 Å². The number of benzene rings is 1. The van der Waals surface area contributed by atoms with E-state index in [0.29, 0.717) is 0 Å². The third-order valence-corrected chi connectivity index (χ3v) is 4.55. The zero-order valence-electron chi connectivity index (χ0n) is 13.8. The molecule has 22 heavy (non-hydrogen) atoms. The van der Waals surface area contributed by atoms with Crippen molar-refractivity contribution in [3.8, 4) is 0 Å². The van der Waals surface area contributed by atoms with Crippen molar-refractivity contribution in [1.29, 1.82) is 0 Å². The van der Waals surface area contributed by atoms with E-state index < -0.39 is 5.60 Å². The van der Waals surface area contributed by atoms with Gasteiger partial charge in [-0.25, -0.2) is 4.79 Å². The molecule has 0 spiro atoms. The summed E-state index contributed by atoms with van der Waals surface area (Å²) >= 11 is 0. The lowest BCUT2D eigenvalue weighted by Crippen LogP contribution is -2.42. The molecular weight excluding hydrogens is 276 g/mol. The highest BCUT2D eigenvalue weighted by Gasteiger charge is 2.51. The molecule has 4 nitrogen and oxygen atoms in total. The maximum Gasteiger partial charge on any atom is 0.407 e. The van der Waals surface area contributed by atoms with Crippen LogP contribution in [-0.2, 0) is 10.3 Å². The van der Waals surface area contributed by atoms with Crippen LogP contribution in [0.2, 0.25) is 0 Å². The van der Waals surface area contributed by atoms with Gasteiger partial charge in [0, 0.05) is 24.7 Å². The van der Waals surface area contributed by atoms with Gasteiger partial charge in [0.25, 0.3) is 0 Å². The SMILES string of the molecule is CC(C)(C)OC(=O)N[C@H]1CCN(C2(c3ccccc3)CC2)C1. The zero-order valence-corrected chi connectivity index (χ0v) is 13.8. The molecule has 1 saturated heterocycles. The van der Waals surface area contributed by atoms with Gasteiger partial charge in [-0.2, -0.15) is 0 Å². The number of nitrogens with zero attached hydrogens (tertiary/aromatic N) is 1. The van der Waals surface area contributed by atoms with E-state index in [-0.39, 0.29) is 17.7 Å². The highest BCUT2D eigenvalue weighted by atomic mass is 16.6. The molecule has 2 aliphatic rings. The lowest BCUT2D eigenvalue weighted by Gasteiger charge is -2.28. The van der Waals surface area contributed by atoms with Crippen LogP contribution in [0, 0.1) is 0 Å². The van der Waals surface area contributed by atoms with Crippen molar-refractivity contribution in [3.63, 3.8) is 0 Å². The molecule has 0 radical (unpaired) electrons. The monoisotopic (exact) mass is 302 g/mol. The summed E-state index contributed by atoms with van der Waals surface area (Å²) in [5.74, 6) is 0. The topological polar surface area (TPSA) is 41.6 Å². The first kappa shape index (κ1) is 15.3. The van der Waals surface area contributed by atoms with Crippen molar-refractivity contribution < 1.29 is 9.53 Å². The summed E-state index contributed by atoms with van der Waals surface area (Å²) in [6.45, 7) is 7.62. The summed E-state index contributed by atoms with van der Waals surface area (Å²) in [6.07, 6.45) is 3.13. The van der Waals surface area contributed by atoms with Crippen molar-refractivity contribution in [2.45, 2.75) is 57.2 Å². The molecule has 1 aromatic rings. The lowest BCUT2D eigenvalue weighted by molar-refractivity contribution is 0.0503. The Labute approximate surface area is 132 Å². The Morgan fingerprint density at radius 3 is 2.55 bits per heavy atom. The van der Waals surface area contributed by atoms with E-state index >= 15 is 0 Å². The average molecular weight is 302 g/mol. The number of carbonyl (C=O) groups excluding carboxylic acids is 1. The van der Waals surface area contributed by atoms with Gasteiger partial charge in [0.05, 0.1) is 0 Å². The first-order chi connectivity index (χ1) is 10.4. The smallest absolute Gasteiger partial charge is 0.407 e. The van der Waals surface area contributed by atoms with Gasteiger partial charge >= 0.3 is 6.09 Å². The van der Waals surface area contributed by atoms with Crippen LogP contribution in [0.4, 0.5) is 4.79 Å². The maximum atomic E-state index is 11.9. The van der Waals surface area contributed by atoms with Crippen molar-refractivity contribution in [3.05, 3.63) is 35.9 Å². The Kier molecular flexibility index (Phi) is 3.89. The molecule has 0 bridgehead atoms. The van der Waals surface area contributed by atoms with E-state index in [1.165, 1.54) is 18.4 Å². The molecule has 1 heterocycles. The molecule has 2 fully saturated rings. The normalized spacial score (nSPS) is 24.0. The van der Waals surface area contributed by atoms with Gasteiger partial charge in [0.15, 0.2) is 0 Å². The minimum Gasteiger partial charge on any atom is -0.444 e. The summed E-state index contributed by atoms with van der Waals surface area (Å²) in [6, 6.07) is 10.9. The standard InChI is InChI=1S/C18H26N2O2/c1-17(2,3)22-16(21)19-15-9-12-20(13-15)18(10-11-18)14-7-5-4-6-8-14/h4-8,15H,9-13H2,1-3H3,(H,19,21)/t15-/m0/s1. The van der Waals surface area contributed by atoms with E-state index in [9.17, 15) is 4.79 Å². The van der Waals surface area contributed by atoms with Gasteiger partial charge in [0.2, 0.25) is 0 Å². The van der Waals surface area contributed by atoms with Gasteiger partial charge in [-0.15, -0.1) is 0 Å². The molecule has 1 aliphatic heterocycles. The second-order valence-corrected chi connectivity index (χ2v) is 7.48. The van der Waals surface area contributed by atoms with E-state index in [2.05, 4.69) is 40.5 Å². The number of rotatable bonds is 3. The van der Waals surface area contributed by atoms with Gasteiger partial charge in [-0.1, -0.05) is 30.3 Å². The Morgan fingerprint density at radius 2 is 1.95 bits per heavy atom. The van der Waals surface area contributed by atoms with Crippen molar-refractivity contribution in [1.82, 2.24) is 10.2 Å². The van der Waals surface area contributed by atoms with Gasteiger partial charge in [-0.3, -0.25) is 4.90 Å². The quantitative estimate of drug-likeness (QED) is 0.931. The molecular formula is C18H26N2O2. The average Bonchev–Trinajstić information content (AvgIpc) is 3.13. The third-order valence-electron chi connectivity index (χ3n) is 4.55. The third kappa shape index (κ3) is 3.27. The summed E-state index contributed by atoms with van der Waals surface area (Å²) in [4.78, 5) is 14.4. The van der Waals surface area contributed by atoms with Gasteiger partial charge < -0.3 is 10.1 Å². The van der Waals surface area contributed by atoms with Crippen LogP contribution < -0.4 is 5.32 Å². The molecule has 1 amide bonds. The summed E-state index contributed by atoms with van der Waals surface area (Å²) in [5, 5.41) is 3.01. The van der Waals surface area contributed by atoms with Gasteiger partial charge in [0.1, 0.15) is 5.60 Å². The Morgan fingerprint density at radius 1 is 1.27 bits per heavy atom. The Hall–Kier alpha value is -1.55. The fourth-order valence-corrected chi connectivity index (χ4v) is 3.40. The van der Waals surface area contributed by atoms with E-state index in [1.54, 1.807) is 0 Å². The predicted molar refractivity (Wildman–Crippen MR) is 86.7 cm³/mol. The number of amides is 1. The second kappa shape index (κ2) is 5.58. The predicted octanol–water partition coefficient (Wildman–Crippen LogP) is 3.27. The number of hydrogen-bond donors (Lipinski definition) is 1. The van der Waals surface area contributed by atoms with Crippen molar-refractivity contribution in [2.75, 3.05) is 13.1 Å². The fourth-order valence-electron chi connectivity index (χ4n) is 3.40. The fraction of sp³-hybridized carbons (Fsp3) is 0.611. The van der Waals surface area contributed by atoms with Crippen molar-refractivity contribution in [2.24, 2.45) is 0 Å². The molecule has 0 unspecified atom stereocenters. The molecule has 1 N–H and O–H groups in total. The second-order valence-electron chi connectivity index (χ2n) is 7.48. The highest BCUT2D eigenvalue weighted by Crippen LogP contribution is 2.52. The van der Waals surface area contributed by atoms with Crippen LogP contribution in [0.15, 0.2) is 30.3 Å². The molecule has 3 rings (SSSR count). The lowest BCUT2D eigenvalue weighted by atomic mass is 10.0. The van der Waals surface area contributed by atoms with Crippen LogP contribution in [-0.4, -0.2) is 35.7 Å². The number of alkyl carbamates (subject to hydrolysis) is 1. The first-order valence-corrected chi connectivity index (χ1v) is 8.19. The molecule has 0 aromatic heterocycles. The molecule has 120 valence electrons. The number of carbonyl (C=O) groups is 1. The van der Waals surface area contributed by atoms with Crippen LogP contribution >= 0.6 is 0 Å². The van der Waals surface area contributed by atoms with Gasteiger partial charge in [-0.05, 0) is 45.6 Å². The van der Waals surface area contributed by atoms with Crippen LogP contribution in [0.25, 0.3) is 0 Å². The minimum absolute atomic E-state index is 0.191. The minimum atomic E-state index is -0.440. The van der Waals surface area contributed by atoms with Crippen LogP contribution in [0.3, 0.4) is 0 Å². The molecule has 1 saturated carbocycles. The summed E-state index contributed by atoms with van der Waals surface area (Å²) < 4.78 is 5.35. The largest absolute Gasteiger partial charge is 0.444 e. The summed E-state index contributed by atoms with van der Waals surface area (Å²) in [7, 11) is 0. The molecule has 1 aromatic carbocycles. The summed E-state index contributed by atoms with van der Waals surface area (Å²) in [5.41, 5.74) is 1.18. The van der Waals surface area contributed by atoms with Crippen LogP contribution in [0.1, 0.15) is 45.6 Å². The number of likely N-dealkylation sites (tertiary alicyclic amines) is 1. The Balaban J connectivity index is 1.58. The number of ether oxygens (including phenoxy) is 1.